The molecule has 1 saturated heterocycles. The van der Waals surface area contributed by atoms with Crippen LogP contribution in [0.25, 0.3) is 17.2 Å². The van der Waals surface area contributed by atoms with Gasteiger partial charge in [-0.3, -0.25) is 9.69 Å². The maximum absolute atomic E-state index is 13.2. The standard InChI is InChI=1S/C31H34N2O5S/c1-33(28-13-16-38-17-14-28)21-22-3-8-27(9-4-22)32-31(34)25-15-18-39(35,36)30-12-7-24(19-26(30)20-25)23-5-10-29(37-2)11-6-23/h3-12,19-20,28H,13-18,21H2,1-2H3,(H,32,34). The minimum absolute atomic E-state index is 0.112. The second-order valence-electron chi connectivity index (χ2n) is 10.1. The molecule has 0 unspecified atom stereocenters. The first-order chi connectivity index (χ1) is 18.8. The van der Waals surface area contributed by atoms with Gasteiger partial charge in [-0.15, -0.1) is 0 Å². The molecule has 0 aliphatic carbocycles. The lowest BCUT2D eigenvalue weighted by atomic mass is 10.0. The summed E-state index contributed by atoms with van der Waals surface area (Å²) in [7, 11) is 0.229. The highest BCUT2D eigenvalue weighted by atomic mass is 32.2. The molecule has 1 fully saturated rings. The fourth-order valence-electron chi connectivity index (χ4n) is 5.15. The number of ether oxygens (including phenoxy) is 2. The van der Waals surface area contributed by atoms with Crippen LogP contribution in [-0.4, -0.2) is 58.4 Å². The third-order valence-electron chi connectivity index (χ3n) is 7.49. The Balaban J connectivity index is 1.32. The molecule has 0 aromatic heterocycles. The average Bonchev–Trinajstić information content (AvgIpc) is 3.09. The van der Waals surface area contributed by atoms with Crippen LogP contribution in [0.15, 0.2) is 77.2 Å². The summed E-state index contributed by atoms with van der Waals surface area (Å²) in [6, 6.07) is 21.2. The van der Waals surface area contributed by atoms with Gasteiger partial charge >= 0.3 is 0 Å². The van der Waals surface area contributed by atoms with E-state index >= 15 is 0 Å². The number of benzene rings is 3. The Morgan fingerprint density at radius 3 is 2.38 bits per heavy atom. The van der Waals surface area contributed by atoms with Crippen molar-refractivity contribution < 1.29 is 22.7 Å². The Morgan fingerprint density at radius 2 is 1.69 bits per heavy atom. The number of nitrogens with zero attached hydrogens (tertiary/aromatic N) is 1. The highest BCUT2D eigenvalue weighted by Gasteiger charge is 2.25. The molecular formula is C31H34N2O5S. The molecule has 1 amide bonds. The van der Waals surface area contributed by atoms with E-state index in [1.165, 1.54) is 5.56 Å². The average molecular weight is 547 g/mol. The SMILES string of the molecule is COc1ccc(-c2ccc3c(c2)C=C(C(=O)Nc2ccc(CN(C)C4CCOCC4)cc2)CCS3(=O)=O)cc1. The summed E-state index contributed by atoms with van der Waals surface area (Å²) in [5.74, 6) is 0.341. The Kier molecular flexibility index (Phi) is 8.16. The van der Waals surface area contributed by atoms with Gasteiger partial charge in [-0.2, -0.15) is 0 Å². The van der Waals surface area contributed by atoms with Crippen LogP contribution in [0, 0.1) is 0 Å². The summed E-state index contributed by atoms with van der Waals surface area (Å²) >= 11 is 0. The molecule has 0 saturated carbocycles. The van der Waals surface area contributed by atoms with Gasteiger partial charge in [-0.05, 0) is 91.0 Å². The van der Waals surface area contributed by atoms with Crippen LogP contribution < -0.4 is 10.1 Å². The van der Waals surface area contributed by atoms with E-state index < -0.39 is 9.84 Å². The molecule has 0 bridgehead atoms. The lowest BCUT2D eigenvalue weighted by Crippen LogP contribution is -2.36. The Morgan fingerprint density at radius 1 is 1.00 bits per heavy atom. The first-order valence-electron chi connectivity index (χ1n) is 13.2. The molecule has 0 atom stereocenters. The first kappa shape index (κ1) is 27.1. The largest absolute Gasteiger partial charge is 0.497 e. The molecule has 2 aliphatic heterocycles. The number of sulfone groups is 1. The van der Waals surface area contributed by atoms with Crippen LogP contribution in [0.1, 0.15) is 30.4 Å². The molecule has 2 heterocycles. The van der Waals surface area contributed by atoms with Gasteiger partial charge in [0.15, 0.2) is 9.84 Å². The Bertz CT molecular complexity index is 1460. The Hall–Kier alpha value is -3.46. The van der Waals surface area contributed by atoms with E-state index in [1.54, 1.807) is 25.3 Å². The van der Waals surface area contributed by atoms with Crippen LogP contribution in [-0.2, 0) is 25.9 Å². The van der Waals surface area contributed by atoms with Crippen molar-refractivity contribution in [2.75, 3.05) is 38.4 Å². The summed E-state index contributed by atoms with van der Waals surface area (Å²) in [4.78, 5) is 15.8. The first-order valence-corrected chi connectivity index (χ1v) is 14.9. The monoisotopic (exact) mass is 546 g/mol. The fourth-order valence-corrected chi connectivity index (χ4v) is 6.61. The van der Waals surface area contributed by atoms with Crippen molar-refractivity contribution in [3.8, 4) is 16.9 Å². The van der Waals surface area contributed by atoms with E-state index in [1.807, 2.05) is 54.6 Å². The van der Waals surface area contributed by atoms with E-state index in [2.05, 4.69) is 17.3 Å². The number of hydrogen-bond donors (Lipinski definition) is 1. The summed E-state index contributed by atoms with van der Waals surface area (Å²) in [6.07, 6.45) is 3.94. The number of amides is 1. The molecule has 3 aromatic carbocycles. The lowest BCUT2D eigenvalue weighted by Gasteiger charge is -2.31. The van der Waals surface area contributed by atoms with Crippen molar-refractivity contribution in [2.45, 2.75) is 36.7 Å². The van der Waals surface area contributed by atoms with Gasteiger partial charge in [0.1, 0.15) is 5.75 Å². The number of methoxy groups -OCH3 is 1. The number of carbonyl (C=O) groups is 1. The van der Waals surface area contributed by atoms with E-state index in [9.17, 15) is 13.2 Å². The zero-order valence-corrected chi connectivity index (χ0v) is 23.2. The predicted molar refractivity (Wildman–Crippen MR) is 153 cm³/mol. The van der Waals surface area contributed by atoms with Crippen LogP contribution >= 0.6 is 0 Å². The van der Waals surface area contributed by atoms with Gasteiger partial charge < -0.3 is 14.8 Å². The molecule has 5 rings (SSSR count). The van der Waals surface area contributed by atoms with Crippen LogP contribution in [0.3, 0.4) is 0 Å². The zero-order chi connectivity index (χ0) is 27.4. The van der Waals surface area contributed by atoms with Gasteiger partial charge in [-0.25, -0.2) is 8.42 Å². The van der Waals surface area contributed by atoms with Crippen molar-refractivity contribution in [3.05, 3.63) is 83.4 Å². The molecule has 3 aromatic rings. The second kappa shape index (κ2) is 11.7. The van der Waals surface area contributed by atoms with Crippen LogP contribution in [0.2, 0.25) is 0 Å². The Labute approximate surface area is 230 Å². The number of carbonyl (C=O) groups excluding carboxylic acids is 1. The quantitative estimate of drug-likeness (QED) is 0.440. The number of fused-ring (bicyclic) bond motifs is 1. The molecule has 2 aliphatic rings. The van der Waals surface area contributed by atoms with Gasteiger partial charge in [-0.1, -0.05) is 30.3 Å². The van der Waals surface area contributed by atoms with Crippen molar-refractivity contribution in [2.24, 2.45) is 0 Å². The molecule has 39 heavy (non-hydrogen) atoms. The highest BCUT2D eigenvalue weighted by Crippen LogP contribution is 2.32. The van der Waals surface area contributed by atoms with E-state index in [0.29, 0.717) is 22.9 Å². The van der Waals surface area contributed by atoms with Gasteiger partial charge in [0.25, 0.3) is 5.91 Å². The molecule has 0 spiro atoms. The lowest BCUT2D eigenvalue weighted by molar-refractivity contribution is -0.112. The van der Waals surface area contributed by atoms with Crippen molar-refractivity contribution in [1.29, 1.82) is 0 Å². The van der Waals surface area contributed by atoms with Crippen LogP contribution in [0.5, 0.6) is 5.75 Å². The minimum Gasteiger partial charge on any atom is -0.497 e. The maximum Gasteiger partial charge on any atom is 0.251 e. The summed E-state index contributed by atoms with van der Waals surface area (Å²) in [5.41, 5.74) is 4.61. The van der Waals surface area contributed by atoms with Gasteiger partial charge in [0, 0.05) is 37.1 Å². The van der Waals surface area contributed by atoms with Crippen LogP contribution in [0.4, 0.5) is 5.69 Å². The van der Waals surface area contributed by atoms with E-state index in [4.69, 9.17) is 9.47 Å². The topological polar surface area (TPSA) is 84.9 Å². The number of nitrogens with one attached hydrogen (secondary N) is 1. The predicted octanol–water partition coefficient (Wildman–Crippen LogP) is 5.17. The number of hydrogen-bond acceptors (Lipinski definition) is 6. The normalized spacial score (nSPS) is 17.2. The third kappa shape index (κ3) is 6.41. The fraction of sp³-hybridized carbons (Fsp3) is 0.323. The zero-order valence-electron chi connectivity index (χ0n) is 22.4. The molecule has 8 heteroatoms. The highest BCUT2D eigenvalue weighted by molar-refractivity contribution is 7.91. The van der Waals surface area contributed by atoms with E-state index in [-0.39, 0.29) is 23.0 Å². The van der Waals surface area contributed by atoms with Crippen molar-refractivity contribution in [3.63, 3.8) is 0 Å². The molecule has 0 radical (unpaired) electrons. The molecule has 7 nitrogen and oxygen atoms in total. The maximum atomic E-state index is 13.2. The molecule has 204 valence electrons. The smallest absolute Gasteiger partial charge is 0.251 e. The van der Waals surface area contributed by atoms with E-state index in [0.717, 1.165) is 49.5 Å². The summed E-state index contributed by atoms with van der Waals surface area (Å²) in [5, 5.41) is 2.95. The van der Waals surface area contributed by atoms with Gasteiger partial charge in [0.05, 0.1) is 17.8 Å². The molecular weight excluding hydrogens is 512 g/mol. The number of rotatable bonds is 7. The number of anilines is 1. The second-order valence-corrected chi connectivity index (χ2v) is 12.2. The van der Waals surface area contributed by atoms with Crippen molar-refractivity contribution >= 4 is 27.5 Å². The van der Waals surface area contributed by atoms with Crippen molar-refractivity contribution in [1.82, 2.24) is 4.90 Å². The summed E-state index contributed by atoms with van der Waals surface area (Å²) in [6.45, 7) is 2.45. The van der Waals surface area contributed by atoms with Gasteiger partial charge in [0.2, 0.25) is 0 Å². The third-order valence-corrected chi connectivity index (χ3v) is 9.27. The summed E-state index contributed by atoms with van der Waals surface area (Å²) < 4.78 is 36.7. The molecule has 1 N–H and O–H groups in total. The minimum atomic E-state index is -3.52.